The molecule has 0 aliphatic carbocycles. The van der Waals surface area contributed by atoms with Gasteiger partial charge in [-0.05, 0) is 79.6 Å². The molecule has 0 unspecified atom stereocenters. The number of benzene rings is 3. The van der Waals surface area contributed by atoms with Gasteiger partial charge in [0.2, 0.25) is 0 Å². The first-order chi connectivity index (χ1) is 19.0. The summed E-state index contributed by atoms with van der Waals surface area (Å²) in [7, 11) is 1.57. The molecular formula is C29H27ClN4O5. The zero-order chi connectivity index (χ0) is 27.2. The van der Waals surface area contributed by atoms with Crippen LogP contribution in [0.2, 0.25) is 5.02 Å². The number of nitrogens with one attached hydrogen (secondary N) is 2. The zero-order valence-corrected chi connectivity index (χ0v) is 22.0. The van der Waals surface area contributed by atoms with Gasteiger partial charge in [0.15, 0.2) is 11.4 Å². The van der Waals surface area contributed by atoms with E-state index in [-0.39, 0.29) is 23.4 Å². The minimum atomic E-state index is -0.445. The topological polar surface area (TPSA) is 104 Å². The summed E-state index contributed by atoms with van der Waals surface area (Å²) in [6.45, 7) is 1.17. The highest BCUT2D eigenvalue weighted by Crippen LogP contribution is 2.30. The van der Waals surface area contributed by atoms with E-state index in [1.54, 1.807) is 79.9 Å². The summed E-state index contributed by atoms with van der Waals surface area (Å²) in [5.74, 6) is 1.12. The number of carbonyl (C=O) groups is 1. The third-order valence-corrected chi connectivity index (χ3v) is 6.46. The minimum absolute atomic E-state index is 0.0380. The fraction of sp³-hybridized carbons (Fsp3) is 0.207. The molecule has 0 spiro atoms. The second-order valence-electron chi connectivity index (χ2n) is 8.91. The van der Waals surface area contributed by atoms with Gasteiger partial charge in [-0.2, -0.15) is 9.78 Å². The number of methoxy groups -OCH3 is 1. The largest absolute Gasteiger partial charge is 0.497 e. The number of nitrogens with zero attached hydrogens (tertiary/aromatic N) is 2. The molecule has 1 saturated heterocycles. The van der Waals surface area contributed by atoms with Crippen molar-refractivity contribution in [1.82, 2.24) is 15.1 Å². The van der Waals surface area contributed by atoms with Crippen molar-refractivity contribution < 1.29 is 19.0 Å². The van der Waals surface area contributed by atoms with Crippen LogP contribution in [0.4, 0.5) is 11.4 Å². The fourth-order valence-corrected chi connectivity index (χ4v) is 4.29. The van der Waals surface area contributed by atoms with Crippen LogP contribution < -0.4 is 25.7 Å². The summed E-state index contributed by atoms with van der Waals surface area (Å²) in [6, 6.07) is 20.6. The Hall–Kier alpha value is -4.34. The Morgan fingerprint density at radius 1 is 1.10 bits per heavy atom. The molecule has 1 aromatic heterocycles. The molecule has 0 radical (unpaired) electrons. The number of aromatic nitrogens is 2. The van der Waals surface area contributed by atoms with E-state index < -0.39 is 5.56 Å². The summed E-state index contributed by atoms with van der Waals surface area (Å²) < 4.78 is 18.1. The molecule has 2 N–H and O–H groups in total. The summed E-state index contributed by atoms with van der Waals surface area (Å²) in [6.07, 6.45) is 3.43. The Balaban J connectivity index is 1.45. The van der Waals surface area contributed by atoms with E-state index in [1.165, 1.54) is 10.9 Å². The summed E-state index contributed by atoms with van der Waals surface area (Å²) >= 11 is 6.01. The van der Waals surface area contributed by atoms with Gasteiger partial charge in [-0.25, -0.2) is 0 Å². The lowest BCUT2D eigenvalue weighted by Gasteiger charge is -2.15. The Morgan fingerprint density at radius 3 is 2.59 bits per heavy atom. The maximum absolute atomic E-state index is 13.7. The van der Waals surface area contributed by atoms with Crippen molar-refractivity contribution in [3.05, 3.63) is 99.9 Å². The first kappa shape index (κ1) is 26.3. The maximum Gasteiger partial charge on any atom is 0.299 e. The number of hydrogen-bond donors (Lipinski definition) is 2. The number of ether oxygens (including phenoxy) is 3. The maximum atomic E-state index is 13.7. The van der Waals surface area contributed by atoms with Gasteiger partial charge in [0.05, 0.1) is 25.1 Å². The number of carbonyl (C=O) groups excluding carboxylic acids is 1. The van der Waals surface area contributed by atoms with Gasteiger partial charge < -0.3 is 24.8 Å². The summed E-state index contributed by atoms with van der Waals surface area (Å²) in [5, 5.41) is 10.9. The van der Waals surface area contributed by atoms with E-state index in [0.29, 0.717) is 40.0 Å². The van der Waals surface area contributed by atoms with Crippen molar-refractivity contribution in [3.63, 3.8) is 0 Å². The van der Waals surface area contributed by atoms with Crippen molar-refractivity contribution in [2.45, 2.75) is 18.9 Å². The van der Waals surface area contributed by atoms with Crippen LogP contribution >= 0.6 is 11.6 Å². The predicted molar refractivity (Wildman–Crippen MR) is 149 cm³/mol. The molecule has 1 aliphatic heterocycles. The number of amides is 1. The van der Waals surface area contributed by atoms with Crippen molar-refractivity contribution in [2.75, 3.05) is 25.6 Å². The molecule has 10 heteroatoms. The normalized spacial score (nSPS) is 14.6. The lowest BCUT2D eigenvalue weighted by molar-refractivity contribution is 0.0858. The average Bonchev–Trinajstić information content (AvgIpc) is 3.49. The minimum Gasteiger partial charge on any atom is -0.497 e. The van der Waals surface area contributed by atoms with Gasteiger partial charge in [-0.15, -0.1) is 0 Å². The van der Waals surface area contributed by atoms with Crippen LogP contribution in [0.1, 0.15) is 23.2 Å². The second kappa shape index (κ2) is 12.0. The molecule has 1 amide bonds. The van der Waals surface area contributed by atoms with Crippen LogP contribution in [0.3, 0.4) is 0 Å². The Bertz CT molecular complexity index is 1500. The van der Waals surface area contributed by atoms with Crippen molar-refractivity contribution >= 4 is 28.9 Å². The van der Waals surface area contributed by atoms with Crippen LogP contribution in [0, 0.1) is 0 Å². The third-order valence-electron chi connectivity index (χ3n) is 6.21. The molecule has 4 aromatic rings. The van der Waals surface area contributed by atoms with Gasteiger partial charge in [0, 0.05) is 29.4 Å². The van der Waals surface area contributed by atoms with Crippen molar-refractivity contribution in [2.24, 2.45) is 0 Å². The first-order valence-corrected chi connectivity index (χ1v) is 12.8. The monoisotopic (exact) mass is 546 g/mol. The SMILES string of the molecule is COc1ccc(-n2ncc(Oc3ccc(Cl)cc3)c(Nc3cccc(C(=O)NC[C@H]4CCCO4)c3)c2=O)cc1. The molecule has 0 saturated carbocycles. The van der Waals surface area contributed by atoms with Crippen LogP contribution in [0.25, 0.3) is 5.69 Å². The Morgan fingerprint density at radius 2 is 1.87 bits per heavy atom. The smallest absolute Gasteiger partial charge is 0.299 e. The average molecular weight is 547 g/mol. The number of rotatable bonds is 9. The van der Waals surface area contributed by atoms with Gasteiger partial charge >= 0.3 is 0 Å². The highest BCUT2D eigenvalue weighted by atomic mass is 35.5. The lowest BCUT2D eigenvalue weighted by Crippen LogP contribution is -2.31. The first-order valence-electron chi connectivity index (χ1n) is 12.5. The predicted octanol–water partition coefficient (Wildman–Crippen LogP) is 5.34. The van der Waals surface area contributed by atoms with Crippen LogP contribution in [-0.4, -0.2) is 42.1 Å². The van der Waals surface area contributed by atoms with Crippen LogP contribution in [0.5, 0.6) is 17.2 Å². The zero-order valence-electron chi connectivity index (χ0n) is 21.2. The molecule has 3 aromatic carbocycles. The molecule has 9 nitrogen and oxygen atoms in total. The second-order valence-corrected chi connectivity index (χ2v) is 9.34. The molecule has 0 bridgehead atoms. The number of hydrogen-bond acceptors (Lipinski definition) is 7. The number of halogens is 1. The van der Waals surface area contributed by atoms with E-state index in [9.17, 15) is 9.59 Å². The molecular weight excluding hydrogens is 520 g/mol. The Labute approximate surface area is 230 Å². The lowest BCUT2D eigenvalue weighted by atomic mass is 10.1. The summed E-state index contributed by atoms with van der Waals surface area (Å²) in [4.78, 5) is 26.5. The van der Waals surface area contributed by atoms with Gasteiger partial charge in [-0.1, -0.05) is 17.7 Å². The van der Waals surface area contributed by atoms with Crippen LogP contribution in [-0.2, 0) is 4.74 Å². The summed E-state index contributed by atoms with van der Waals surface area (Å²) in [5.41, 5.74) is 1.23. The molecule has 5 rings (SSSR count). The molecule has 1 aliphatic rings. The van der Waals surface area contributed by atoms with Crippen molar-refractivity contribution in [1.29, 1.82) is 0 Å². The highest BCUT2D eigenvalue weighted by Gasteiger charge is 2.18. The molecule has 1 fully saturated rings. The fourth-order valence-electron chi connectivity index (χ4n) is 4.16. The molecule has 2 heterocycles. The van der Waals surface area contributed by atoms with Gasteiger partial charge in [0.1, 0.15) is 11.5 Å². The molecule has 1 atom stereocenters. The highest BCUT2D eigenvalue weighted by molar-refractivity contribution is 6.30. The standard InChI is InChI=1S/C29H27ClN4O5/c1-37-23-13-9-22(10-14-23)34-29(36)27(26(18-32-34)39-24-11-7-20(30)8-12-24)33-21-5-2-4-19(16-21)28(35)31-17-25-6-3-15-38-25/h2,4-5,7-14,16,18,25,33H,3,6,15,17H2,1H3,(H,31,35)/t25-/m1/s1. The van der Waals surface area contributed by atoms with Crippen molar-refractivity contribution in [3.8, 4) is 22.9 Å². The number of anilines is 2. The Kier molecular flexibility index (Phi) is 8.10. The molecule has 39 heavy (non-hydrogen) atoms. The third kappa shape index (κ3) is 6.39. The van der Waals surface area contributed by atoms with E-state index in [0.717, 1.165) is 19.4 Å². The van der Waals surface area contributed by atoms with Crippen LogP contribution in [0.15, 0.2) is 83.8 Å². The van der Waals surface area contributed by atoms with E-state index in [1.807, 2.05) is 0 Å². The quantitative estimate of drug-likeness (QED) is 0.292. The van der Waals surface area contributed by atoms with E-state index >= 15 is 0 Å². The van der Waals surface area contributed by atoms with Gasteiger partial charge in [0.25, 0.3) is 11.5 Å². The van der Waals surface area contributed by atoms with E-state index in [2.05, 4.69) is 15.7 Å². The van der Waals surface area contributed by atoms with E-state index in [4.69, 9.17) is 25.8 Å². The molecule has 200 valence electrons. The van der Waals surface area contributed by atoms with Gasteiger partial charge in [-0.3, -0.25) is 9.59 Å².